The first kappa shape index (κ1) is 28.7. The maximum absolute atomic E-state index is 12.9. The number of ether oxygens (including phenoxy) is 2. The minimum atomic E-state index is -0.559. The van der Waals surface area contributed by atoms with Crippen molar-refractivity contribution in [2.24, 2.45) is 56.7 Å². The molecule has 0 bridgehead atoms. The van der Waals surface area contributed by atoms with Crippen LogP contribution < -0.4 is 0 Å². The van der Waals surface area contributed by atoms with Crippen LogP contribution in [0, 0.1) is 56.7 Å². The highest BCUT2D eigenvalue weighted by atomic mass is 16.7. The molecular weight excluding hydrogens is 472 g/mol. The number of fused-ring (bicyclic) bond motifs is 9. The second-order valence-corrected chi connectivity index (χ2v) is 15.9. The summed E-state index contributed by atoms with van der Waals surface area (Å²) in [6, 6.07) is 0. The third-order valence-corrected chi connectivity index (χ3v) is 14.3. The normalized spacial score (nSPS) is 55.0. The summed E-state index contributed by atoms with van der Waals surface area (Å²) in [7, 11) is 0. The molecule has 0 aromatic heterocycles. The smallest absolute Gasteiger partial charge is 0.310 e. The van der Waals surface area contributed by atoms with Gasteiger partial charge in [0.15, 0.2) is 5.79 Å². The quantitative estimate of drug-likeness (QED) is 0.347. The lowest BCUT2D eigenvalue weighted by molar-refractivity contribution is -0.351. The predicted octanol–water partition coefficient (Wildman–Crippen LogP) is 8.50. The second-order valence-electron chi connectivity index (χ2n) is 15.9. The fourth-order valence-electron chi connectivity index (χ4n) is 11.7. The molecule has 0 aromatic carbocycles. The minimum Gasteiger partial charge on any atom is -0.481 e. The van der Waals surface area contributed by atoms with E-state index in [2.05, 4.69) is 61.5 Å². The van der Waals surface area contributed by atoms with Crippen LogP contribution in [-0.4, -0.2) is 29.6 Å². The maximum Gasteiger partial charge on any atom is 0.310 e. The number of carbonyl (C=O) groups is 1. The molecule has 1 heterocycles. The van der Waals surface area contributed by atoms with Crippen LogP contribution >= 0.6 is 0 Å². The van der Waals surface area contributed by atoms with Crippen molar-refractivity contribution in [3.63, 3.8) is 0 Å². The molecule has 1 aliphatic heterocycles. The van der Waals surface area contributed by atoms with Crippen molar-refractivity contribution in [3.8, 4) is 0 Å². The standard InChI is InChI=1S/C33H52O4.CH4/c1-20-11-16-33(27(34)35)18-17-31(7)22(26(33)21(20)2)9-10-24-29(5)14-13-25-30(6,19-36-28(3,4)37-25)23(29)12-15-32(24,31)8;/h9,20-21,23-26H,10-19H2,1-8H3,(H,34,35);1H4/t20-,21?,23?,24?,25?,26?,29?,30-,31-,32?,33?;/m1./s1. The lowest BCUT2D eigenvalue weighted by Gasteiger charge is -2.72. The van der Waals surface area contributed by atoms with Gasteiger partial charge < -0.3 is 14.6 Å². The zero-order chi connectivity index (χ0) is 26.8. The van der Waals surface area contributed by atoms with E-state index in [1.165, 1.54) is 24.8 Å². The van der Waals surface area contributed by atoms with Crippen LogP contribution in [0.4, 0.5) is 0 Å². The molecule has 6 aliphatic rings. The van der Waals surface area contributed by atoms with E-state index in [0.717, 1.165) is 45.1 Å². The molecule has 11 atom stereocenters. The van der Waals surface area contributed by atoms with Crippen molar-refractivity contribution in [2.75, 3.05) is 6.61 Å². The molecule has 5 aliphatic carbocycles. The van der Waals surface area contributed by atoms with Crippen molar-refractivity contribution < 1.29 is 19.4 Å². The molecule has 6 rings (SSSR count). The van der Waals surface area contributed by atoms with Crippen LogP contribution in [0.3, 0.4) is 0 Å². The van der Waals surface area contributed by atoms with Gasteiger partial charge in [-0.2, -0.15) is 0 Å². The van der Waals surface area contributed by atoms with Gasteiger partial charge in [0.1, 0.15) is 0 Å². The molecule has 216 valence electrons. The Balaban J connectivity index is 0.00000294. The third-order valence-electron chi connectivity index (χ3n) is 14.3. The Labute approximate surface area is 232 Å². The van der Waals surface area contributed by atoms with Crippen LogP contribution in [0.2, 0.25) is 0 Å². The summed E-state index contributed by atoms with van der Waals surface area (Å²) in [4.78, 5) is 12.9. The Morgan fingerprint density at radius 3 is 2.29 bits per heavy atom. The molecule has 1 N–H and O–H groups in total. The highest BCUT2D eigenvalue weighted by Gasteiger charge is 2.70. The zero-order valence-electron chi connectivity index (χ0n) is 24.8. The van der Waals surface area contributed by atoms with Crippen molar-refractivity contribution in [1.82, 2.24) is 0 Å². The van der Waals surface area contributed by atoms with E-state index in [1.807, 2.05) is 0 Å². The zero-order valence-corrected chi connectivity index (χ0v) is 24.8. The maximum atomic E-state index is 12.9. The molecular formula is C34H56O4. The van der Waals surface area contributed by atoms with Gasteiger partial charge in [-0.05, 0) is 117 Å². The fraction of sp³-hybridized carbons (Fsp3) is 0.912. The van der Waals surface area contributed by atoms with Crippen molar-refractivity contribution in [3.05, 3.63) is 11.6 Å². The van der Waals surface area contributed by atoms with Gasteiger partial charge in [-0.3, -0.25) is 4.79 Å². The molecule has 1 saturated heterocycles. The van der Waals surface area contributed by atoms with E-state index >= 15 is 0 Å². The number of hydrogen-bond acceptors (Lipinski definition) is 3. The lowest BCUT2D eigenvalue weighted by Crippen LogP contribution is -2.68. The van der Waals surface area contributed by atoms with Gasteiger partial charge in [0.25, 0.3) is 0 Å². The number of aliphatic carboxylic acids is 1. The Bertz CT molecular complexity index is 1020. The van der Waals surface area contributed by atoms with Crippen molar-refractivity contribution in [2.45, 2.75) is 132 Å². The van der Waals surface area contributed by atoms with Gasteiger partial charge in [0.05, 0.1) is 18.1 Å². The monoisotopic (exact) mass is 528 g/mol. The highest BCUT2D eigenvalue weighted by Crippen LogP contribution is 2.76. The van der Waals surface area contributed by atoms with E-state index in [9.17, 15) is 9.90 Å². The SMILES string of the molecule is C.CC1C2C3=CCC4C5(C)CCC6OC(C)(C)OC[C@]6(C)C5CCC4(C)[C@]3(C)CCC2(C(=O)O)CC[C@H]1C. The van der Waals surface area contributed by atoms with E-state index in [-0.39, 0.29) is 41.1 Å². The van der Waals surface area contributed by atoms with Gasteiger partial charge >= 0.3 is 5.97 Å². The molecule has 4 nitrogen and oxygen atoms in total. The number of rotatable bonds is 1. The largest absolute Gasteiger partial charge is 0.481 e. The first-order chi connectivity index (χ1) is 17.1. The molecule has 0 amide bonds. The first-order valence-electron chi connectivity index (χ1n) is 15.4. The topological polar surface area (TPSA) is 55.8 Å². The summed E-state index contributed by atoms with van der Waals surface area (Å²) in [5.74, 6) is 1.40. The Kier molecular flexibility index (Phi) is 6.46. The average molecular weight is 529 g/mol. The molecule has 4 saturated carbocycles. The predicted molar refractivity (Wildman–Crippen MR) is 153 cm³/mol. The lowest BCUT2D eigenvalue weighted by atomic mass is 9.33. The van der Waals surface area contributed by atoms with Gasteiger partial charge in [-0.25, -0.2) is 0 Å². The summed E-state index contributed by atoms with van der Waals surface area (Å²) >= 11 is 0. The van der Waals surface area contributed by atoms with Crippen LogP contribution in [0.1, 0.15) is 121 Å². The molecule has 8 unspecified atom stereocenters. The van der Waals surface area contributed by atoms with Crippen LogP contribution in [-0.2, 0) is 14.3 Å². The summed E-state index contributed by atoms with van der Waals surface area (Å²) in [5.41, 5.74) is 1.57. The van der Waals surface area contributed by atoms with Gasteiger partial charge in [0, 0.05) is 5.41 Å². The highest BCUT2D eigenvalue weighted by molar-refractivity contribution is 5.76. The third kappa shape index (κ3) is 3.37. The van der Waals surface area contributed by atoms with E-state index in [0.29, 0.717) is 23.7 Å². The molecule has 0 aromatic rings. The molecule has 0 radical (unpaired) electrons. The summed E-state index contributed by atoms with van der Waals surface area (Å²) < 4.78 is 12.9. The van der Waals surface area contributed by atoms with E-state index in [1.54, 1.807) is 0 Å². The van der Waals surface area contributed by atoms with Gasteiger partial charge in [-0.1, -0.05) is 60.6 Å². The second kappa shape index (κ2) is 8.57. The van der Waals surface area contributed by atoms with E-state index < -0.39 is 17.2 Å². The number of carboxylic acid groups (broad SMARTS) is 1. The molecule has 5 fully saturated rings. The first-order valence-corrected chi connectivity index (χ1v) is 15.4. The number of hydrogen-bond donors (Lipinski definition) is 1. The van der Waals surface area contributed by atoms with Crippen LogP contribution in [0.5, 0.6) is 0 Å². The van der Waals surface area contributed by atoms with Crippen molar-refractivity contribution in [1.29, 1.82) is 0 Å². The summed E-state index contributed by atoms with van der Waals surface area (Å²) in [6.45, 7) is 19.9. The average Bonchev–Trinajstić information content (AvgIpc) is 2.82. The fourth-order valence-corrected chi connectivity index (χ4v) is 11.7. The molecule has 38 heavy (non-hydrogen) atoms. The summed E-state index contributed by atoms with van der Waals surface area (Å²) in [5, 5.41) is 10.6. The Hall–Kier alpha value is -0.870. The van der Waals surface area contributed by atoms with Crippen LogP contribution in [0.15, 0.2) is 11.6 Å². The Morgan fingerprint density at radius 2 is 1.61 bits per heavy atom. The van der Waals surface area contributed by atoms with Gasteiger partial charge in [-0.15, -0.1) is 0 Å². The van der Waals surface area contributed by atoms with Crippen LogP contribution in [0.25, 0.3) is 0 Å². The number of carboxylic acids is 1. The Morgan fingerprint density at radius 1 is 0.895 bits per heavy atom. The molecule has 4 heteroatoms. The van der Waals surface area contributed by atoms with E-state index in [4.69, 9.17) is 9.47 Å². The van der Waals surface area contributed by atoms with Crippen molar-refractivity contribution >= 4 is 5.97 Å². The minimum absolute atomic E-state index is 0. The number of allylic oxidation sites excluding steroid dienone is 2. The molecule has 0 spiro atoms. The van der Waals surface area contributed by atoms with Gasteiger partial charge in [0.2, 0.25) is 0 Å². The summed E-state index contributed by atoms with van der Waals surface area (Å²) in [6.07, 6.45) is 12.6.